The number of rotatable bonds is 5. The fourth-order valence-electron chi connectivity index (χ4n) is 2.06. The maximum atomic E-state index is 5.89. The molecule has 1 aliphatic rings. The number of hydrogen-bond acceptors (Lipinski definition) is 1. The summed E-state index contributed by atoms with van der Waals surface area (Å²) in [6, 6.07) is 8.45. The summed E-state index contributed by atoms with van der Waals surface area (Å²) in [6.07, 6.45) is 6.90. The van der Waals surface area contributed by atoms with Gasteiger partial charge in [0.05, 0.1) is 0 Å². The van der Waals surface area contributed by atoms with Crippen LogP contribution < -0.4 is 0 Å². The van der Waals surface area contributed by atoms with E-state index in [9.17, 15) is 0 Å². The van der Waals surface area contributed by atoms with Crippen molar-refractivity contribution in [1.82, 2.24) is 0 Å². The maximum Gasteiger partial charge on any atom is 0.102 e. The van der Waals surface area contributed by atoms with Gasteiger partial charge >= 0.3 is 0 Å². The van der Waals surface area contributed by atoms with Gasteiger partial charge in [-0.15, -0.1) is 0 Å². The van der Waals surface area contributed by atoms with E-state index in [1.807, 2.05) is 0 Å². The third-order valence-electron chi connectivity index (χ3n) is 2.98. The SMILES string of the molecule is CC(C)CCCOC1C=Cc2ccccc21. The zero-order valence-electron chi connectivity index (χ0n) is 10.1. The fourth-order valence-corrected chi connectivity index (χ4v) is 2.06. The van der Waals surface area contributed by atoms with Crippen LogP contribution in [0.15, 0.2) is 30.3 Å². The highest BCUT2D eigenvalue weighted by atomic mass is 16.5. The lowest BCUT2D eigenvalue weighted by Gasteiger charge is -2.13. The highest BCUT2D eigenvalue weighted by molar-refractivity contribution is 5.61. The van der Waals surface area contributed by atoms with Crippen molar-refractivity contribution in [2.24, 2.45) is 5.92 Å². The van der Waals surface area contributed by atoms with Gasteiger partial charge in [-0.3, -0.25) is 0 Å². The Morgan fingerprint density at radius 1 is 1.25 bits per heavy atom. The Kier molecular flexibility index (Phi) is 3.79. The summed E-state index contributed by atoms with van der Waals surface area (Å²) in [7, 11) is 0. The Morgan fingerprint density at radius 2 is 2.06 bits per heavy atom. The van der Waals surface area contributed by atoms with E-state index >= 15 is 0 Å². The number of fused-ring (bicyclic) bond motifs is 1. The summed E-state index contributed by atoms with van der Waals surface area (Å²) >= 11 is 0. The van der Waals surface area contributed by atoms with Gasteiger partial charge in [0, 0.05) is 6.61 Å². The van der Waals surface area contributed by atoms with E-state index in [1.54, 1.807) is 0 Å². The summed E-state index contributed by atoms with van der Waals surface area (Å²) < 4.78 is 5.89. The molecule has 0 heterocycles. The van der Waals surface area contributed by atoms with Crippen LogP contribution >= 0.6 is 0 Å². The molecule has 1 aliphatic carbocycles. The van der Waals surface area contributed by atoms with Crippen LogP contribution in [-0.4, -0.2) is 6.61 Å². The molecule has 1 unspecified atom stereocenters. The van der Waals surface area contributed by atoms with E-state index in [2.05, 4.69) is 50.3 Å². The maximum absolute atomic E-state index is 5.89. The van der Waals surface area contributed by atoms with Gasteiger partial charge in [0.1, 0.15) is 6.10 Å². The van der Waals surface area contributed by atoms with Crippen LogP contribution in [0.3, 0.4) is 0 Å². The van der Waals surface area contributed by atoms with E-state index in [0.29, 0.717) is 0 Å². The first-order chi connectivity index (χ1) is 7.77. The molecule has 0 saturated carbocycles. The molecule has 0 bridgehead atoms. The lowest BCUT2D eigenvalue weighted by atomic mass is 10.1. The number of ether oxygens (including phenoxy) is 1. The molecule has 1 atom stereocenters. The topological polar surface area (TPSA) is 9.23 Å². The minimum atomic E-state index is 0.184. The molecule has 86 valence electrons. The van der Waals surface area contributed by atoms with Crippen LogP contribution in [0, 0.1) is 5.92 Å². The molecular weight excluding hydrogens is 196 g/mol. The third-order valence-corrected chi connectivity index (χ3v) is 2.98. The molecule has 0 radical (unpaired) electrons. The zero-order valence-corrected chi connectivity index (χ0v) is 10.1. The third kappa shape index (κ3) is 2.73. The fraction of sp³-hybridized carbons (Fsp3) is 0.467. The van der Waals surface area contributed by atoms with Gasteiger partial charge in [-0.1, -0.05) is 50.3 Å². The molecule has 1 nitrogen and oxygen atoms in total. The smallest absolute Gasteiger partial charge is 0.102 e. The quantitative estimate of drug-likeness (QED) is 0.670. The molecule has 0 spiro atoms. The second kappa shape index (κ2) is 5.31. The largest absolute Gasteiger partial charge is 0.369 e. The van der Waals surface area contributed by atoms with Crippen LogP contribution in [-0.2, 0) is 4.74 Å². The van der Waals surface area contributed by atoms with Crippen molar-refractivity contribution in [3.05, 3.63) is 41.5 Å². The van der Waals surface area contributed by atoms with E-state index in [4.69, 9.17) is 4.74 Å². The van der Waals surface area contributed by atoms with Gasteiger partial charge in [0.2, 0.25) is 0 Å². The molecule has 0 fully saturated rings. The summed E-state index contributed by atoms with van der Waals surface area (Å²) in [4.78, 5) is 0. The molecule has 1 heteroatoms. The molecule has 1 aromatic carbocycles. The van der Waals surface area contributed by atoms with Gasteiger partial charge in [0.15, 0.2) is 0 Å². The van der Waals surface area contributed by atoms with Gasteiger partial charge < -0.3 is 4.74 Å². The second-order valence-corrected chi connectivity index (χ2v) is 4.82. The Balaban J connectivity index is 1.82. The van der Waals surface area contributed by atoms with Crippen LogP contribution in [0.4, 0.5) is 0 Å². The number of hydrogen-bond donors (Lipinski definition) is 0. The standard InChI is InChI=1S/C15H20O/c1-12(2)6-5-11-16-15-10-9-13-7-3-4-8-14(13)15/h3-4,7-10,12,15H,5-6,11H2,1-2H3. The predicted octanol–water partition coefficient (Wildman–Crippen LogP) is 4.21. The second-order valence-electron chi connectivity index (χ2n) is 4.82. The van der Waals surface area contributed by atoms with Crippen molar-refractivity contribution >= 4 is 6.08 Å². The van der Waals surface area contributed by atoms with E-state index < -0.39 is 0 Å². The first-order valence-corrected chi connectivity index (χ1v) is 6.16. The molecule has 1 aromatic rings. The van der Waals surface area contributed by atoms with Crippen molar-refractivity contribution < 1.29 is 4.74 Å². The molecule has 0 aliphatic heterocycles. The van der Waals surface area contributed by atoms with Gasteiger partial charge in [-0.05, 0) is 29.9 Å². The number of benzene rings is 1. The van der Waals surface area contributed by atoms with Crippen LogP contribution in [0.5, 0.6) is 0 Å². The van der Waals surface area contributed by atoms with Gasteiger partial charge in [-0.25, -0.2) is 0 Å². The Labute approximate surface area is 98.1 Å². The minimum absolute atomic E-state index is 0.184. The Morgan fingerprint density at radius 3 is 2.88 bits per heavy atom. The first kappa shape index (κ1) is 11.4. The van der Waals surface area contributed by atoms with Crippen molar-refractivity contribution in [2.45, 2.75) is 32.8 Å². The highest BCUT2D eigenvalue weighted by Gasteiger charge is 2.16. The molecule has 0 aromatic heterocycles. The zero-order chi connectivity index (χ0) is 11.4. The summed E-state index contributed by atoms with van der Waals surface area (Å²) in [5.74, 6) is 0.773. The minimum Gasteiger partial charge on any atom is -0.369 e. The monoisotopic (exact) mass is 216 g/mol. The van der Waals surface area contributed by atoms with Crippen LogP contribution in [0.1, 0.15) is 43.9 Å². The normalized spacial score (nSPS) is 18.1. The molecule has 0 amide bonds. The van der Waals surface area contributed by atoms with Gasteiger partial charge in [-0.2, -0.15) is 0 Å². The van der Waals surface area contributed by atoms with Gasteiger partial charge in [0.25, 0.3) is 0 Å². The molecule has 2 rings (SSSR count). The Bertz CT molecular complexity index is 365. The van der Waals surface area contributed by atoms with Crippen molar-refractivity contribution in [2.75, 3.05) is 6.61 Å². The summed E-state index contributed by atoms with van der Waals surface area (Å²) in [5, 5.41) is 0. The van der Waals surface area contributed by atoms with Crippen molar-refractivity contribution in [3.8, 4) is 0 Å². The first-order valence-electron chi connectivity index (χ1n) is 6.16. The lowest BCUT2D eigenvalue weighted by molar-refractivity contribution is 0.0824. The van der Waals surface area contributed by atoms with Crippen LogP contribution in [0.2, 0.25) is 0 Å². The molecular formula is C15H20O. The predicted molar refractivity (Wildman–Crippen MR) is 68.2 cm³/mol. The Hall–Kier alpha value is -1.08. The average Bonchev–Trinajstić information content (AvgIpc) is 2.68. The highest BCUT2D eigenvalue weighted by Crippen LogP contribution is 2.30. The molecule has 0 saturated heterocycles. The van der Waals surface area contributed by atoms with E-state index in [0.717, 1.165) is 18.9 Å². The summed E-state index contributed by atoms with van der Waals surface area (Å²) in [5.41, 5.74) is 2.61. The van der Waals surface area contributed by atoms with Crippen molar-refractivity contribution in [1.29, 1.82) is 0 Å². The molecule has 0 N–H and O–H groups in total. The van der Waals surface area contributed by atoms with Crippen molar-refractivity contribution in [3.63, 3.8) is 0 Å². The lowest BCUT2D eigenvalue weighted by Crippen LogP contribution is -2.02. The van der Waals surface area contributed by atoms with E-state index in [1.165, 1.54) is 17.5 Å². The summed E-state index contributed by atoms with van der Waals surface area (Å²) in [6.45, 7) is 5.37. The molecule has 16 heavy (non-hydrogen) atoms. The average molecular weight is 216 g/mol. The van der Waals surface area contributed by atoms with Crippen LogP contribution in [0.25, 0.3) is 6.08 Å². The van der Waals surface area contributed by atoms with E-state index in [-0.39, 0.29) is 6.10 Å².